The lowest BCUT2D eigenvalue weighted by atomic mass is 10.1. The van der Waals surface area contributed by atoms with Gasteiger partial charge in [0.15, 0.2) is 0 Å². The van der Waals surface area contributed by atoms with Gasteiger partial charge in [-0.2, -0.15) is 4.68 Å². The molecule has 1 heterocycles. The Morgan fingerprint density at radius 2 is 1.69 bits per heavy atom. The summed E-state index contributed by atoms with van der Waals surface area (Å²) in [5, 5.41) is 6.64. The summed E-state index contributed by atoms with van der Waals surface area (Å²) in [6.07, 6.45) is 0. The summed E-state index contributed by atoms with van der Waals surface area (Å²) in [6, 6.07) is 10.6. The largest absolute Gasteiger partial charge is 0.437 e. The number of nitrogens with zero attached hydrogens (tertiary/aromatic N) is 2. The molecule has 1 atom stereocenters. The van der Waals surface area contributed by atoms with E-state index in [9.17, 15) is 18.4 Å². The normalized spacial score (nSPS) is 12.0. The van der Waals surface area contributed by atoms with Gasteiger partial charge in [0.2, 0.25) is 11.8 Å². The summed E-state index contributed by atoms with van der Waals surface area (Å²) in [7, 11) is 0. The lowest BCUT2D eigenvalue weighted by Crippen LogP contribution is -2.33. The second-order valence-electron chi connectivity index (χ2n) is 5.68. The van der Waals surface area contributed by atoms with Crippen molar-refractivity contribution in [3.63, 3.8) is 0 Å². The molecule has 1 amide bonds. The first-order valence-electron chi connectivity index (χ1n) is 7.81. The van der Waals surface area contributed by atoms with Crippen LogP contribution in [-0.4, -0.2) is 15.7 Å². The summed E-state index contributed by atoms with van der Waals surface area (Å²) in [5.41, 5.74) is 1.14. The summed E-state index contributed by atoms with van der Waals surface area (Å²) >= 11 is 0. The Morgan fingerprint density at radius 3 is 2.31 bits per heavy atom. The average Bonchev–Trinajstić information content (AvgIpc) is 2.96. The quantitative estimate of drug-likeness (QED) is 0.760. The molecule has 0 aliphatic heterocycles. The van der Waals surface area contributed by atoms with E-state index in [1.54, 1.807) is 19.1 Å². The minimum absolute atomic E-state index is 0.00520. The van der Waals surface area contributed by atoms with Crippen molar-refractivity contribution in [2.45, 2.75) is 19.5 Å². The Hall–Kier alpha value is -3.29. The Labute approximate surface area is 147 Å². The SMILES string of the molecule is C[C@@H](NC(=O)Cn1nc(-c2ccc(F)cc2)oc1=O)c1ccc(F)cc1. The van der Waals surface area contributed by atoms with Gasteiger partial charge >= 0.3 is 5.76 Å². The Bertz CT molecular complexity index is 963. The fourth-order valence-corrected chi connectivity index (χ4v) is 2.37. The Morgan fingerprint density at radius 1 is 1.12 bits per heavy atom. The van der Waals surface area contributed by atoms with Crippen LogP contribution < -0.4 is 11.1 Å². The van der Waals surface area contributed by atoms with Crippen LogP contribution in [0.2, 0.25) is 0 Å². The van der Waals surface area contributed by atoms with Crippen molar-refractivity contribution in [1.29, 1.82) is 0 Å². The topological polar surface area (TPSA) is 77.1 Å². The molecule has 0 spiro atoms. The van der Waals surface area contributed by atoms with E-state index in [1.165, 1.54) is 36.4 Å². The van der Waals surface area contributed by atoms with E-state index in [0.29, 0.717) is 5.56 Å². The van der Waals surface area contributed by atoms with Crippen molar-refractivity contribution in [2.24, 2.45) is 0 Å². The summed E-state index contributed by atoms with van der Waals surface area (Å²) in [5.74, 6) is -2.05. The molecule has 8 heteroatoms. The van der Waals surface area contributed by atoms with Crippen molar-refractivity contribution < 1.29 is 18.0 Å². The maximum Gasteiger partial charge on any atom is 0.437 e. The molecular weight excluding hydrogens is 344 g/mol. The minimum Gasteiger partial charge on any atom is -0.388 e. The molecule has 0 saturated heterocycles. The molecule has 1 N–H and O–H groups in total. The number of carbonyl (C=O) groups excluding carboxylic acids is 1. The number of amides is 1. The molecule has 3 aromatic rings. The van der Waals surface area contributed by atoms with Crippen LogP contribution in [0.25, 0.3) is 11.5 Å². The van der Waals surface area contributed by atoms with Crippen LogP contribution in [0.3, 0.4) is 0 Å². The van der Waals surface area contributed by atoms with Gasteiger partial charge in [0.1, 0.15) is 18.2 Å². The summed E-state index contributed by atoms with van der Waals surface area (Å²) in [6.45, 7) is 1.40. The molecule has 0 aliphatic carbocycles. The molecule has 0 fully saturated rings. The first kappa shape index (κ1) is 17.5. The fourth-order valence-electron chi connectivity index (χ4n) is 2.37. The lowest BCUT2D eigenvalue weighted by Gasteiger charge is -2.13. The minimum atomic E-state index is -0.797. The maximum absolute atomic E-state index is 13.0. The van der Waals surface area contributed by atoms with Gasteiger partial charge in [-0.15, -0.1) is 5.10 Å². The maximum atomic E-state index is 13.0. The van der Waals surface area contributed by atoms with E-state index in [2.05, 4.69) is 10.4 Å². The molecule has 0 aliphatic rings. The van der Waals surface area contributed by atoms with E-state index >= 15 is 0 Å². The van der Waals surface area contributed by atoms with E-state index in [4.69, 9.17) is 4.42 Å². The number of hydrogen-bond acceptors (Lipinski definition) is 4. The van der Waals surface area contributed by atoms with Gasteiger partial charge in [0.05, 0.1) is 6.04 Å². The standard InChI is InChI=1S/C18H15F2N3O3/c1-11(12-2-6-14(19)7-3-12)21-16(24)10-23-18(25)26-17(22-23)13-4-8-15(20)9-5-13/h2-9,11H,10H2,1H3,(H,21,24)/t11-/m1/s1. The molecule has 0 unspecified atom stereocenters. The molecular formula is C18H15F2N3O3. The fraction of sp³-hybridized carbons (Fsp3) is 0.167. The van der Waals surface area contributed by atoms with Crippen molar-refractivity contribution in [1.82, 2.24) is 15.1 Å². The van der Waals surface area contributed by atoms with Crippen molar-refractivity contribution in [3.8, 4) is 11.5 Å². The van der Waals surface area contributed by atoms with E-state index < -0.39 is 17.5 Å². The van der Waals surface area contributed by atoms with Crippen LogP contribution in [0.1, 0.15) is 18.5 Å². The highest BCUT2D eigenvalue weighted by atomic mass is 19.1. The zero-order valence-corrected chi connectivity index (χ0v) is 13.8. The third kappa shape index (κ3) is 4.02. The third-order valence-electron chi connectivity index (χ3n) is 3.74. The van der Waals surface area contributed by atoms with Gasteiger partial charge in [0.25, 0.3) is 0 Å². The van der Waals surface area contributed by atoms with Gasteiger partial charge in [-0.05, 0) is 48.9 Å². The predicted molar refractivity (Wildman–Crippen MR) is 89.1 cm³/mol. The molecule has 3 rings (SSSR count). The molecule has 0 bridgehead atoms. The monoisotopic (exact) mass is 359 g/mol. The van der Waals surface area contributed by atoms with Crippen LogP contribution in [0.4, 0.5) is 8.78 Å². The highest BCUT2D eigenvalue weighted by Gasteiger charge is 2.15. The zero-order valence-electron chi connectivity index (χ0n) is 13.8. The lowest BCUT2D eigenvalue weighted by molar-refractivity contribution is -0.122. The predicted octanol–water partition coefficient (Wildman–Crippen LogP) is 2.66. The van der Waals surface area contributed by atoms with Crippen LogP contribution in [0.15, 0.2) is 57.7 Å². The molecule has 1 aromatic heterocycles. The van der Waals surface area contributed by atoms with Gasteiger partial charge in [-0.3, -0.25) is 4.79 Å². The number of rotatable bonds is 5. The number of hydrogen-bond donors (Lipinski definition) is 1. The number of nitrogens with one attached hydrogen (secondary N) is 1. The second kappa shape index (κ2) is 7.30. The van der Waals surface area contributed by atoms with Crippen LogP contribution in [0, 0.1) is 11.6 Å². The molecule has 6 nitrogen and oxygen atoms in total. The molecule has 134 valence electrons. The van der Waals surface area contributed by atoms with Crippen LogP contribution in [0.5, 0.6) is 0 Å². The first-order chi connectivity index (χ1) is 12.4. The number of aromatic nitrogens is 2. The molecule has 0 saturated carbocycles. The van der Waals surface area contributed by atoms with E-state index in [0.717, 1.165) is 10.2 Å². The Balaban J connectivity index is 1.68. The average molecular weight is 359 g/mol. The number of benzene rings is 2. The smallest absolute Gasteiger partial charge is 0.388 e. The highest BCUT2D eigenvalue weighted by molar-refractivity contribution is 5.76. The Kier molecular flexibility index (Phi) is 4.92. The molecule has 0 radical (unpaired) electrons. The summed E-state index contributed by atoms with van der Waals surface area (Å²) in [4.78, 5) is 24.0. The van der Waals surface area contributed by atoms with E-state index in [1.807, 2.05) is 0 Å². The third-order valence-corrected chi connectivity index (χ3v) is 3.74. The van der Waals surface area contributed by atoms with Crippen LogP contribution in [-0.2, 0) is 11.3 Å². The number of halogens is 2. The van der Waals surface area contributed by atoms with Crippen molar-refractivity contribution >= 4 is 5.91 Å². The first-order valence-corrected chi connectivity index (χ1v) is 7.81. The van der Waals surface area contributed by atoms with Crippen LogP contribution >= 0.6 is 0 Å². The van der Waals surface area contributed by atoms with Crippen molar-refractivity contribution in [2.75, 3.05) is 0 Å². The number of carbonyl (C=O) groups is 1. The van der Waals surface area contributed by atoms with Crippen molar-refractivity contribution in [3.05, 3.63) is 76.3 Å². The second-order valence-corrected chi connectivity index (χ2v) is 5.68. The van der Waals surface area contributed by atoms with E-state index in [-0.39, 0.29) is 24.3 Å². The van der Waals surface area contributed by atoms with Gasteiger partial charge < -0.3 is 9.73 Å². The summed E-state index contributed by atoms with van der Waals surface area (Å²) < 4.78 is 31.8. The van der Waals surface area contributed by atoms with Gasteiger partial charge in [-0.1, -0.05) is 12.1 Å². The molecule has 2 aromatic carbocycles. The molecule has 26 heavy (non-hydrogen) atoms. The highest BCUT2D eigenvalue weighted by Crippen LogP contribution is 2.16. The zero-order chi connectivity index (χ0) is 18.7. The van der Waals surface area contributed by atoms with Gasteiger partial charge in [0, 0.05) is 5.56 Å². The van der Waals surface area contributed by atoms with Gasteiger partial charge in [-0.25, -0.2) is 13.6 Å².